The summed E-state index contributed by atoms with van der Waals surface area (Å²) >= 11 is 0. The lowest BCUT2D eigenvalue weighted by Gasteiger charge is -2.23. The van der Waals surface area contributed by atoms with Gasteiger partial charge in [-0.15, -0.1) is 0 Å². The van der Waals surface area contributed by atoms with Crippen LogP contribution in [0.1, 0.15) is 24.5 Å². The summed E-state index contributed by atoms with van der Waals surface area (Å²) in [5.41, 5.74) is 2.96. The molecule has 0 radical (unpaired) electrons. The lowest BCUT2D eigenvalue weighted by atomic mass is 9.84. The molecule has 0 spiro atoms. The monoisotopic (exact) mass is 438 g/mol. The van der Waals surface area contributed by atoms with Gasteiger partial charge < -0.3 is 18.9 Å². The highest BCUT2D eigenvalue weighted by Crippen LogP contribution is 2.26. The highest BCUT2D eigenvalue weighted by molar-refractivity contribution is 5.76. The zero-order valence-corrected chi connectivity index (χ0v) is 19.3. The number of allylic oxidation sites excluding steroid dienone is 1. The van der Waals surface area contributed by atoms with Crippen LogP contribution in [0, 0.1) is 11.8 Å². The molecule has 0 aliphatic rings. The largest absolute Gasteiger partial charge is 0.497 e. The molecule has 0 saturated carbocycles. The average Bonchev–Trinajstić information content (AvgIpc) is 2.82. The van der Waals surface area contributed by atoms with Crippen LogP contribution >= 0.6 is 0 Å². The molecule has 0 bridgehead atoms. The molecule has 32 heavy (non-hydrogen) atoms. The first-order valence-corrected chi connectivity index (χ1v) is 10.8. The molecule has 2 rings (SSSR count). The molecule has 2 aromatic carbocycles. The van der Waals surface area contributed by atoms with Crippen LogP contribution in [-0.2, 0) is 32.2 Å². The van der Waals surface area contributed by atoms with E-state index in [-0.39, 0.29) is 11.9 Å². The van der Waals surface area contributed by atoms with Gasteiger partial charge in [-0.05, 0) is 42.5 Å². The molecule has 0 unspecified atom stereocenters. The van der Waals surface area contributed by atoms with Gasteiger partial charge in [-0.3, -0.25) is 4.79 Å². The molecular formula is C27H34O5. The van der Waals surface area contributed by atoms with E-state index in [1.54, 1.807) is 7.11 Å². The maximum atomic E-state index is 12.4. The molecule has 5 heteroatoms. The first-order chi connectivity index (χ1) is 15.5. The van der Waals surface area contributed by atoms with Gasteiger partial charge in [0.25, 0.3) is 0 Å². The Bertz CT molecular complexity index is 842. The summed E-state index contributed by atoms with van der Waals surface area (Å²) in [7, 11) is 3.05. The first-order valence-electron chi connectivity index (χ1n) is 10.8. The minimum absolute atomic E-state index is 0.0830. The van der Waals surface area contributed by atoms with Crippen molar-refractivity contribution in [2.75, 3.05) is 27.4 Å². The smallest absolute Gasteiger partial charge is 0.313 e. The van der Waals surface area contributed by atoms with Crippen LogP contribution in [0.2, 0.25) is 0 Å². The van der Waals surface area contributed by atoms with Crippen LogP contribution in [0.3, 0.4) is 0 Å². The molecular weight excluding hydrogens is 404 g/mol. The molecule has 172 valence electrons. The highest BCUT2D eigenvalue weighted by atomic mass is 16.5. The number of ether oxygens (including phenoxy) is 4. The van der Waals surface area contributed by atoms with Crippen molar-refractivity contribution in [2.24, 2.45) is 11.8 Å². The van der Waals surface area contributed by atoms with Crippen molar-refractivity contribution >= 4 is 5.97 Å². The van der Waals surface area contributed by atoms with Crippen molar-refractivity contribution in [3.8, 4) is 5.75 Å². The molecule has 0 aliphatic heterocycles. The number of hydrogen-bond donors (Lipinski definition) is 0. The zero-order valence-electron chi connectivity index (χ0n) is 19.3. The average molecular weight is 439 g/mol. The van der Waals surface area contributed by atoms with Gasteiger partial charge in [-0.1, -0.05) is 66.8 Å². The molecule has 0 aromatic heterocycles. The Labute approximate surface area is 191 Å². The van der Waals surface area contributed by atoms with Gasteiger partial charge in [0, 0.05) is 6.61 Å². The van der Waals surface area contributed by atoms with E-state index in [2.05, 4.69) is 6.58 Å². The van der Waals surface area contributed by atoms with Crippen LogP contribution in [0.5, 0.6) is 5.75 Å². The number of hydrogen-bond acceptors (Lipinski definition) is 5. The van der Waals surface area contributed by atoms with Gasteiger partial charge in [0.05, 0.1) is 40.0 Å². The minimum Gasteiger partial charge on any atom is -0.497 e. The number of esters is 1. The van der Waals surface area contributed by atoms with Crippen molar-refractivity contribution in [2.45, 2.75) is 26.6 Å². The molecule has 0 heterocycles. The zero-order chi connectivity index (χ0) is 23.2. The summed E-state index contributed by atoms with van der Waals surface area (Å²) < 4.78 is 21.8. The van der Waals surface area contributed by atoms with Crippen LogP contribution < -0.4 is 4.74 Å². The van der Waals surface area contributed by atoms with Crippen molar-refractivity contribution < 1.29 is 23.7 Å². The second-order valence-corrected chi connectivity index (χ2v) is 7.63. The van der Waals surface area contributed by atoms with Crippen LogP contribution in [-0.4, -0.2) is 33.4 Å². The topological polar surface area (TPSA) is 54.0 Å². The molecule has 0 saturated heterocycles. The summed E-state index contributed by atoms with van der Waals surface area (Å²) in [6.45, 7) is 7.86. The third-order valence-corrected chi connectivity index (χ3v) is 5.15. The summed E-state index contributed by atoms with van der Waals surface area (Å²) in [5, 5.41) is 0. The van der Waals surface area contributed by atoms with Crippen LogP contribution in [0.25, 0.3) is 0 Å². The second kappa shape index (κ2) is 14.2. The first kappa shape index (κ1) is 25.4. The van der Waals surface area contributed by atoms with Gasteiger partial charge in [-0.2, -0.15) is 0 Å². The Kier molecular flexibility index (Phi) is 11.3. The van der Waals surface area contributed by atoms with Crippen molar-refractivity contribution in [1.29, 1.82) is 0 Å². The molecule has 0 fully saturated rings. The van der Waals surface area contributed by atoms with Crippen LogP contribution in [0.15, 0.2) is 78.9 Å². The van der Waals surface area contributed by atoms with E-state index in [1.807, 2.05) is 73.7 Å². The Hall–Kier alpha value is -2.89. The fourth-order valence-corrected chi connectivity index (χ4v) is 3.42. The standard InChI is InChI=1S/C27H34O5/c1-21(2)26(27(28)30-4)24(16-18-32-19-22-9-6-5-7-10-22)11-8-17-31-20-23-12-14-25(29-3)15-13-23/h5-15,24,26H,1,16-20H2,2-4H3/b11-8+/t24-,26+/m0/s1. The number of rotatable bonds is 14. The van der Waals surface area contributed by atoms with Gasteiger partial charge in [0.1, 0.15) is 5.75 Å². The van der Waals surface area contributed by atoms with Crippen molar-refractivity contribution in [1.82, 2.24) is 0 Å². The molecule has 0 aliphatic carbocycles. The van der Waals surface area contributed by atoms with Gasteiger partial charge in [0.15, 0.2) is 0 Å². The maximum absolute atomic E-state index is 12.4. The van der Waals surface area contributed by atoms with Gasteiger partial charge in [0.2, 0.25) is 0 Å². The third-order valence-electron chi connectivity index (χ3n) is 5.15. The second-order valence-electron chi connectivity index (χ2n) is 7.63. The van der Waals surface area contributed by atoms with E-state index in [4.69, 9.17) is 18.9 Å². The molecule has 0 N–H and O–H groups in total. The number of benzene rings is 2. The molecule has 5 nitrogen and oxygen atoms in total. The quantitative estimate of drug-likeness (QED) is 0.226. The molecule has 2 atom stereocenters. The maximum Gasteiger partial charge on any atom is 0.313 e. The summed E-state index contributed by atoms with van der Waals surface area (Å²) in [5.74, 6) is 0.0347. The lowest BCUT2D eigenvalue weighted by Crippen LogP contribution is -2.26. The fourth-order valence-electron chi connectivity index (χ4n) is 3.42. The van der Waals surface area contributed by atoms with Crippen LogP contribution in [0.4, 0.5) is 0 Å². The SMILES string of the molecule is C=C(C)[C@@H](C(=O)OC)[C@@H](/C=C/COCc1ccc(OC)cc1)CCOCc1ccccc1. The van der Waals surface area contributed by atoms with Crippen molar-refractivity contribution in [3.05, 3.63) is 90.0 Å². The summed E-state index contributed by atoms with van der Waals surface area (Å²) in [6, 6.07) is 17.8. The normalized spacial score (nSPS) is 13.0. The van der Waals surface area contributed by atoms with E-state index in [9.17, 15) is 4.79 Å². The lowest BCUT2D eigenvalue weighted by molar-refractivity contribution is -0.145. The number of carbonyl (C=O) groups excluding carboxylic acids is 1. The third kappa shape index (κ3) is 8.69. The molecule has 2 aromatic rings. The summed E-state index contributed by atoms with van der Waals surface area (Å²) in [6.07, 6.45) is 4.63. The van der Waals surface area contributed by atoms with Gasteiger partial charge >= 0.3 is 5.97 Å². The Morgan fingerprint density at radius 1 is 0.969 bits per heavy atom. The minimum atomic E-state index is -0.418. The van der Waals surface area contributed by atoms with E-state index < -0.39 is 5.92 Å². The Morgan fingerprint density at radius 3 is 2.25 bits per heavy atom. The Morgan fingerprint density at radius 2 is 1.62 bits per heavy atom. The van der Waals surface area contributed by atoms with Crippen molar-refractivity contribution in [3.63, 3.8) is 0 Å². The molecule has 0 amide bonds. The Balaban J connectivity index is 1.90. The van der Waals surface area contributed by atoms with E-state index in [1.165, 1.54) is 7.11 Å². The number of methoxy groups -OCH3 is 2. The predicted molar refractivity (Wildman–Crippen MR) is 126 cm³/mol. The number of carbonyl (C=O) groups is 1. The summed E-state index contributed by atoms with van der Waals surface area (Å²) in [4.78, 5) is 12.4. The van der Waals surface area contributed by atoms with E-state index in [0.717, 1.165) is 22.4 Å². The highest BCUT2D eigenvalue weighted by Gasteiger charge is 2.28. The van der Waals surface area contributed by atoms with E-state index >= 15 is 0 Å². The fraction of sp³-hybridized carbons (Fsp3) is 0.370. The van der Waals surface area contributed by atoms with E-state index in [0.29, 0.717) is 32.8 Å². The predicted octanol–water partition coefficient (Wildman–Crippen LogP) is 5.36. The van der Waals surface area contributed by atoms with Gasteiger partial charge in [-0.25, -0.2) is 0 Å².